The average Bonchev–Trinajstić information content (AvgIpc) is 2.87. The van der Waals surface area contributed by atoms with Gasteiger partial charge in [-0.3, -0.25) is 9.59 Å². The highest BCUT2D eigenvalue weighted by atomic mass is 32.2. The molecule has 2 atom stereocenters. The number of rotatable bonds is 6. The van der Waals surface area contributed by atoms with Gasteiger partial charge in [0.05, 0.1) is 4.87 Å². The first-order valence-corrected chi connectivity index (χ1v) is 8.31. The van der Waals surface area contributed by atoms with E-state index in [1.54, 1.807) is 11.8 Å². The topological polar surface area (TPSA) is 49.4 Å². The van der Waals surface area contributed by atoms with Crippen LogP contribution in [0, 0.1) is 0 Å². The Hall–Kier alpha value is -0.710. The number of hydrogen-bond donors (Lipinski definition) is 1. The lowest BCUT2D eigenvalue weighted by molar-refractivity contribution is -0.137. The fourth-order valence-corrected chi connectivity index (χ4v) is 4.33. The number of carbonyl (C=O) groups excluding carboxylic acids is 2. The van der Waals surface area contributed by atoms with Gasteiger partial charge in [0, 0.05) is 18.7 Å². The molecule has 0 radical (unpaired) electrons. The third-order valence-corrected chi connectivity index (χ3v) is 5.58. The number of amides is 2. The lowest BCUT2D eigenvalue weighted by Gasteiger charge is -2.29. The van der Waals surface area contributed by atoms with Crippen molar-refractivity contribution in [2.24, 2.45) is 0 Å². The molecule has 19 heavy (non-hydrogen) atoms. The van der Waals surface area contributed by atoms with E-state index in [2.05, 4.69) is 19.2 Å². The molecular weight excluding hydrogens is 260 g/mol. The van der Waals surface area contributed by atoms with Crippen LogP contribution in [0.5, 0.6) is 0 Å². The predicted molar refractivity (Wildman–Crippen MR) is 77.9 cm³/mol. The van der Waals surface area contributed by atoms with E-state index in [9.17, 15) is 9.59 Å². The van der Waals surface area contributed by atoms with Gasteiger partial charge in [-0.25, -0.2) is 0 Å². The van der Waals surface area contributed by atoms with Gasteiger partial charge in [-0.2, -0.15) is 0 Å². The van der Waals surface area contributed by atoms with Crippen LogP contribution in [0.2, 0.25) is 0 Å². The van der Waals surface area contributed by atoms with E-state index in [1.165, 1.54) is 12.8 Å². The van der Waals surface area contributed by atoms with Gasteiger partial charge in [0.2, 0.25) is 11.8 Å². The van der Waals surface area contributed by atoms with E-state index in [4.69, 9.17) is 0 Å². The highest BCUT2D eigenvalue weighted by molar-refractivity contribution is 8.01. The van der Waals surface area contributed by atoms with Crippen molar-refractivity contribution in [2.75, 3.05) is 12.3 Å². The molecule has 0 aliphatic carbocycles. The Morgan fingerprint density at radius 1 is 1.47 bits per heavy atom. The Balaban J connectivity index is 1.81. The Bertz CT molecular complexity index is 361. The monoisotopic (exact) mass is 284 g/mol. The summed E-state index contributed by atoms with van der Waals surface area (Å²) >= 11 is 1.75. The molecule has 1 N–H and O–H groups in total. The molecule has 0 aromatic carbocycles. The molecule has 2 heterocycles. The Labute approximate surface area is 119 Å². The zero-order valence-corrected chi connectivity index (χ0v) is 12.7. The molecule has 2 unspecified atom stereocenters. The molecule has 0 aromatic heterocycles. The summed E-state index contributed by atoms with van der Waals surface area (Å²) in [6, 6.07) is -0.254. The van der Waals surface area contributed by atoms with Gasteiger partial charge in [-0.05, 0) is 19.8 Å². The summed E-state index contributed by atoms with van der Waals surface area (Å²) in [5.74, 6) is 0.907. The first-order valence-electron chi connectivity index (χ1n) is 7.32. The number of hydrogen-bond acceptors (Lipinski definition) is 3. The summed E-state index contributed by atoms with van der Waals surface area (Å²) in [5, 5.41) is 2.99. The van der Waals surface area contributed by atoms with E-state index in [-0.39, 0.29) is 22.7 Å². The standard InChI is InChI=1S/C14H24N2O2S/c1-3-4-5-6-9-15-13(18)11-10-19-14(2)8-7-12(17)16(11)14/h11H,3-10H2,1-2H3,(H,15,18). The van der Waals surface area contributed by atoms with E-state index >= 15 is 0 Å². The zero-order chi connectivity index (χ0) is 13.9. The van der Waals surface area contributed by atoms with Crippen LogP contribution in [0.25, 0.3) is 0 Å². The van der Waals surface area contributed by atoms with Crippen LogP contribution in [0.15, 0.2) is 0 Å². The molecule has 5 heteroatoms. The summed E-state index contributed by atoms with van der Waals surface area (Å²) in [7, 11) is 0. The lowest BCUT2D eigenvalue weighted by atomic mass is 10.2. The quantitative estimate of drug-likeness (QED) is 0.760. The molecule has 0 spiro atoms. The van der Waals surface area contributed by atoms with Crippen LogP contribution in [0.1, 0.15) is 52.4 Å². The minimum absolute atomic E-state index is 0.0305. The maximum atomic E-state index is 12.2. The van der Waals surface area contributed by atoms with Crippen molar-refractivity contribution in [1.82, 2.24) is 10.2 Å². The zero-order valence-electron chi connectivity index (χ0n) is 11.9. The van der Waals surface area contributed by atoms with E-state index in [1.807, 2.05) is 4.90 Å². The first kappa shape index (κ1) is 14.7. The molecule has 0 bridgehead atoms. The maximum Gasteiger partial charge on any atom is 0.243 e. The van der Waals surface area contributed by atoms with Gasteiger partial charge >= 0.3 is 0 Å². The molecule has 0 aromatic rings. The Morgan fingerprint density at radius 2 is 2.26 bits per heavy atom. The molecule has 2 fully saturated rings. The fourth-order valence-electron chi connectivity index (χ4n) is 2.90. The van der Waals surface area contributed by atoms with Gasteiger partial charge in [-0.15, -0.1) is 11.8 Å². The summed E-state index contributed by atoms with van der Waals surface area (Å²) in [4.78, 5) is 25.8. The first-order chi connectivity index (χ1) is 9.08. The molecule has 108 valence electrons. The van der Waals surface area contributed by atoms with E-state index < -0.39 is 0 Å². The molecular formula is C14H24N2O2S. The van der Waals surface area contributed by atoms with Crippen molar-refractivity contribution in [1.29, 1.82) is 0 Å². The summed E-state index contributed by atoms with van der Waals surface area (Å²) < 4.78 is 0. The van der Waals surface area contributed by atoms with Crippen LogP contribution in [-0.2, 0) is 9.59 Å². The second-order valence-corrected chi connectivity index (χ2v) is 7.12. The van der Waals surface area contributed by atoms with Crippen LogP contribution >= 0.6 is 11.8 Å². The summed E-state index contributed by atoms with van der Waals surface area (Å²) in [6.45, 7) is 4.99. The highest BCUT2D eigenvalue weighted by Gasteiger charge is 2.52. The highest BCUT2D eigenvalue weighted by Crippen LogP contribution is 2.47. The van der Waals surface area contributed by atoms with Crippen molar-refractivity contribution in [2.45, 2.75) is 63.3 Å². The molecule has 2 aliphatic rings. The molecule has 0 saturated carbocycles. The second kappa shape index (κ2) is 6.16. The Morgan fingerprint density at radius 3 is 3.00 bits per heavy atom. The van der Waals surface area contributed by atoms with Gasteiger partial charge in [-0.1, -0.05) is 26.2 Å². The lowest BCUT2D eigenvalue weighted by Crippen LogP contribution is -2.50. The molecule has 2 rings (SSSR count). The summed E-state index contributed by atoms with van der Waals surface area (Å²) in [5.41, 5.74) is 0. The maximum absolute atomic E-state index is 12.2. The van der Waals surface area contributed by atoms with Crippen LogP contribution in [0.4, 0.5) is 0 Å². The minimum atomic E-state index is -0.254. The van der Waals surface area contributed by atoms with Crippen molar-refractivity contribution in [3.8, 4) is 0 Å². The van der Waals surface area contributed by atoms with E-state index in [0.29, 0.717) is 6.42 Å². The van der Waals surface area contributed by atoms with Gasteiger partial charge in [0.15, 0.2) is 0 Å². The predicted octanol–water partition coefficient (Wildman–Crippen LogP) is 2.14. The number of thioether (sulfide) groups is 1. The fraction of sp³-hybridized carbons (Fsp3) is 0.857. The number of nitrogens with one attached hydrogen (secondary N) is 1. The van der Waals surface area contributed by atoms with Crippen LogP contribution in [0.3, 0.4) is 0 Å². The van der Waals surface area contributed by atoms with Crippen molar-refractivity contribution >= 4 is 23.6 Å². The Kier molecular flexibility index (Phi) is 4.76. The largest absolute Gasteiger partial charge is 0.354 e. The van der Waals surface area contributed by atoms with Gasteiger partial charge in [0.25, 0.3) is 0 Å². The molecule has 2 saturated heterocycles. The van der Waals surface area contributed by atoms with Crippen molar-refractivity contribution in [3.05, 3.63) is 0 Å². The minimum Gasteiger partial charge on any atom is -0.354 e. The SMILES string of the molecule is CCCCCCNC(=O)C1CSC2(C)CCC(=O)N12. The molecule has 4 nitrogen and oxygen atoms in total. The molecule has 2 aliphatic heterocycles. The van der Waals surface area contributed by atoms with Gasteiger partial charge in [0.1, 0.15) is 6.04 Å². The number of unbranched alkanes of at least 4 members (excludes halogenated alkanes) is 3. The van der Waals surface area contributed by atoms with Crippen LogP contribution in [-0.4, -0.2) is 39.9 Å². The number of carbonyl (C=O) groups is 2. The normalized spacial score (nSPS) is 29.7. The van der Waals surface area contributed by atoms with Gasteiger partial charge < -0.3 is 10.2 Å². The van der Waals surface area contributed by atoms with Crippen LogP contribution < -0.4 is 5.32 Å². The number of fused-ring (bicyclic) bond motifs is 1. The average molecular weight is 284 g/mol. The van der Waals surface area contributed by atoms with Crippen molar-refractivity contribution < 1.29 is 9.59 Å². The summed E-state index contributed by atoms with van der Waals surface area (Å²) in [6.07, 6.45) is 6.08. The third-order valence-electron chi connectivity index (χ3n) is 4.08. The third kappa shape index (κ3) is 3.07. The smallest absolute Gasteiger partial charge is 0.243 e. The molecule has 2 amide bonds. The second-order valence-electron chi connectivity index (χ2n) is 5.62. The van der Waals surface area contributed by atoms with Crippen molar-refractivity contribution in [3.63, 3.8) is 0 Å². The number of nitrogens with zero attached hydrogens (tertiary/aromatic N) is 1. The van der Waals surface area contributed by atoms with E-state index in [0.717, 1.165) is 31.6 Å².